The van der Waals surface area contributed by atoms with E-state index in [1.807, 2.05) is 0 Å². The second-order valence-corrected chi connectivity index (χ2v) is 12.9. The second-order valence-electron chi connectivity index (χ2n) is 12.0. The minimum atomic E-state index is -4.75. The van der Waals surface area contributed by atoms with Gasteiger partial charge in [0.2, 0.25) is 0 Å². The Bertz CT molecular complexity index is 2370. The predicted octanol–water partition coefficient (Wildman–Crippen LogP) is 11.5. The number of aryl methyl sites for hydroxylation is 3. The van der Waals surface area contributed by atoms with Crippen molar-refractivity contribution in [3.05, 3.63) is 146 Å². The van der Waals surface area contributed by atoms with E-state index >= 15 is 0 Å². The summed E-state index contributed by atoms with van der Waals surface area (Å²) in [6.45, 7) is 8.17. The first-order chi connectivity index (χ1) is 26.0. The number of benzene rings is 4. The van der Waals surface area contributed by atoms with Crippen LogP contribution in [0.15, 0.2) is 108 Å². The van der Waals surface area contributed by atoms with Crippen LogP contribution in [0.4, 0.5) is 13.2 Å². The van der Waals surface area contributed by atoms with Crippen LogP contribution in [0, 0.1) is 27.7 Å². The van der Waals surface area contributed by atoms with Crippen molar-refractivity contribution in [1.29, 1.82) is 0 Å². The maximum Gasteiger partial charge on any atom is 0.573 e. The van der Waals surface area contributed by atoms with Gasteiger partial charge in [-0.05, 0) is 112 Å². The second kappa shape index (κ2) is 17.0. The van der Waals surface area contributed by atoms with E-state index in [9.17, 15) is 28.0 Å². The van der Waals surface area contributed by atoms with Gasteiger partial charge in [-0.25, -0.2) is 0 Å². The van der Waals surface area contributed by atoms with Gasteiger partial charge < -0.3 is 24.2 Å². The zero-order chi connectivity index (χ0) is 40.0. The number of aromatic nitrogens is 2. The summed E-state index contributed by atoms with van der Waals surface area (Å²) < 4.78 is 58.3. The van der Waals surface area contributed by atoms with Crippen molar-refractivity contribution in [2.24, 2.45) is 0 Å². The Balaban J connectivity index is 0.000000218. The summed E-state index contributed by atoms with van der Waals surface area (Å²) >= 11 is 12.2. The molecule has 284 valence electrons. The van der Waals surface area contributed by atoms with Crippen LogP contribution in [0.3, 0.4) is 0 Å². The lowest BCUT2D eigenvalue weighted by molar-refractivity contribution is -0.274. The quantitative estimate of drug-likeness (QED) is 0.120. The SMILES string of the molecule is CC(=O)Oc1c(Cl)c(C)nc(C)c1-c1ccc(Oc2ccc(OC(F)(F)F)cc2)cc1.Cc1cc(=O)c(-c2ccc(Oc3ccc(Cl)cc3)cc2)c(C)n1O. The molecule has 55 heavy (non-hydrogen) atoms. The largest absolute Gasteiger partial charge is 0.573 e. The molecule has 9 nitrogen and oxygen atoms in total. The molecular formula is C41H33Cl2F3N2O7. The van der Waals surface area contributed by atoms with Crippen molar-refractivity contribution in [3.8, 4) is 56.8 Å². The van der Waals surface area contributed by atoms with Gasteiger partial charge >= 0.3 is 12.3 Å². The maximum absolute atomic E-state index is 12.3. The lowest BCUT2D eigenvalue weighted by Crippen LogP contribution is -2.16. The first-order valence-electron chi connectivity index (χ1n) is 16.4. The number of carbonyl (C=O) groups excluding carboxylic acids is 1. The summed E-state index contributed by atoms with van der Waals surface area (Å²) in [6, 6.07) is 27.5. The van der Waals surface area contributed by atoms with E-state index in [1.54, 1.807) is 100 Å². The molecule has 14 heteroatoms. The monoisotopic (exact) mass is 792 g/mol. The average Bonchev–Trinajstić information content (AvgIpc) is 3.12. The molecule has 6 aromatic rings. The van der Waals surface area contributed by atoms with Gasteiger partial charge in [-0.2, -0.15) is 4.73 Å². The molecule has 2 heterocycles. The van der Waals surface area contributed by atoms with Gasteiger partial charge in [0.15, 0.2) is 11.2 Å². The fourth-order valence-electron chi connectivity index (χ4n) is 5.46. The molecule has 0 aliphatic rings. The zero-order valence-corrected chi connectivity index (χ0v) is 31.5. The van der Waals surface area contributed by atoms with E-state index in [0.29, 0.717) is 67.5 Å². The molecule has 0 saturated heterocycles. The number of alkyl halides is 3. The third-order valence-electron chi connectivity index (χ3n) is 7.92. The highest BCUT2D eigenvalue weighted by Crippen LogP contribution is 2.40. The topological polar surface area (TPSA) is 109 Å². The number of halogens is 5. The minimum absolute atomic E-state index is 0.123. The van der Waals surface area contributed by atoms with E-state index < -0.39 is 12.3 Å². The normalized spacial score (nSPS) is 10.9. The van der Waals surface area contributed by atoms with E-state index in [4.69, 9.17) is 37.4 Å². The molecule has 0 unspecified atom stereocenters. The summed E-state index contributed by atoms with van der Waals surface area (Å²) in [5.74, 6) is 1.49. The highest BCUT2D eigenvalue weighted by molar-refractivity contribution is 6.33. The molecule has 0 spiro atoms. The number of rotatable bonds is 8. The Morgan fingerprint density at radius 2 is 1.13 bits per heavy atom. The molecule has 0 aliphatic carbocycles. The zero-order valence-electron chi connectivity index (χ0n) is 30.0. The molecule has 0 atom stereocenters. The fourth-order valence-corrected chi connectivity index (χ4v) is 5.76. The smallest absolute Gasteiger partial charge is 0.457 e. The number of pyridine rings is 2. The van der Waals surface area contributed by atoms with Gasteiger partial charge in [0, 0.05) is 29.3 Å². The Morgan fingerprint density at radius 1 is 0.691 bits per heavy atom. The third-order valence-corrected chi connectivity index (χ3v) is 8.61. The van der Waals surface area contributed by atoms with Gasteiger partial charge in [0.25, 0.3) is 0 Å². The summed E-state index contributed by atoms with van der Waals surface area (Å²) in [5, 5.41) is 10.9. The number of hydrogen-bond donors (Lipinski definition) is 1. The first kappa shape index (κ1) is 40.2. The van der Waals surface area contributed by atoms with E-state index in [0.717, 1.165) is 22.4 Å². The van der Waals surface area contributed by atoms with Gasteiger partial charge in [-0.1, -0.05) is 47.5 Å². The lowest BCUT2D eigenvalue weighted by atomic mass is 10.0. The number of nitrogens with zero attached hydrogens (tertiary/aromatic N) is 2. The Morgan fingerprint density at radius 3 is 1.60 bits per heavy atom. The number of carbonyl (C=O) groups is 1. The lowest BCUT2D eigenvalue weighted by Gasteiger charge is -2.15. The Hall–Kier alpha value is -5.98. The standard InChI is InChI=1S/C22H17ClF3NO4.C19H16ClNO3/c1-12-19(21(29-14(3)28)20(23)13(2)27-12)15-4-6-16(7-5-15)30-17-8-10-18(11-9-17)31-22(24,25)26;1-12-11-18(22)19(13(2)21(12)23)14-3-7-16(8-4-14)24-17-9-5-15(20)6-10-17/h4-11H,1-3H3;3-11,23H,1-2H3. The fraction of sp³-hybridized carbons (Fsp3) is 0.146. The minimum Gasteiger partial charge on any atom is -0.457 e. The highest BCUT2D eigenvalue weighted by Gasteiger charge is 2.31. The molecule has 0 aliphatic heterocycles. The first-order valence-corrected chi connectivity index (χ1v) is 17.2. The van der Waals surface area contributed by atoms with Crippen molar-refractivity contribution in [2.45, 2.75) is 41.0 Å². The molecule has 4 aromatic carbocycles. The van der Waals surface area contributed by atoms with E-state index in [2.05, 4.69) is 9.72 Å². The van der Waals surface area contributed by atoms with Crippen LogP contribution in [0.25, 0.3) is 22.3 Å². The van der Waals surface area contributed by atoms with Gasteiger partial charge in [-0.3, -0.25) is 14.6 Å². The van der Waals surface area contributed by atoms with Gasteiger partial charge in [0.05, 0.1) is 22.6 Å². The highest BCUT2D eigenvalue weighted by atomic mass is 35.5. The van der Waals surface area contributed by atoms with Crippen LogP contribution < -0.4 is 24.4 Å². The molecule has 0 saturated carbocycles. The molecule has 0 radical (unpaired) electrons. The van der Waals surface area contributed by atoms with Gasteiger partial charge in [-0.15, -0.1) is 13.2 Å². The summed E-state index contributed by atoms with van der Waals surface area (Å²) in [4.78, 5) is 28.2. The Kier molecular flexibility index (Phi) is 12.4. The Labute approximate surface area is 324 Å². The van der Waals surface area contributed by atoms with Crippen molar-refractivity contribution in [3.63, 3.8) is 0 Å². The maximum atomic E-state index is 12.3. The van der Waals surface area contributed by atoms with Crippen LogP contribution in [-0.4, -0.2) is 27.3 Å². The molecule has 2 aromatic heterocycles. The van der Waals surface area contributed by atoms with Crippen LogP contribution in [0.2, 0.25) is 10.0 Å². The molecule has 0 fully saturated rings. The van der Waals surface area contributed by atoms with E-state index in [1.165, 1.54) is 25.1 Å². The summed E-state index contributed by atoms with van der Waals surface area (Å²) in [6.07, 6.45) is -4.75. The van der Waals surface area contributed by atoms with Crippen molar-refractivity contribution >= 4 is 29.2 Å². The molecule has 6 rings (SSSR count). The summed E-state index contributed by atoms with van der Waals surface area (Å²) in [5.41, 5.74) is 4.53. The molecule has 0 bridgehead atoms. The number of esters is 1. The van der Waals surface area contributed by atoms with Crippen molar-refractivity contribution < 1.29 is 42.1 Å². The molecular weight excluding hydrogens is 760 g/mol. The van der Waals surface area contributed by atoms with Crippen molar-refractivity contribution in [1.82, 2.24) is 9.71 Å². The van der Waals surface area contributed by atoms with Crippen LogP contribution in [0.1, 0.15) is 29.7 Å². The summed E-state index contributed by atoms with van der Waals surface area (Å²) in [7, 11) is 0. The van der Waals surface area contributed by atoms with Crippen LogP contribution in [-0.2, 0) is 4.79 Å². The molecule has 0 amide bonds. The number of ether oxygens (including phenoxy) is 4. The molecule has 1 N–H and O–H groups in total. The third kappa shape index (κ3) is 10.4. The number of hydrogen-bond acceptors (Lipinski definition) is 8. The van der Waals surface area contributed by atoms with Crippen LogP contribution in [0.5, 0.6) is 34.5 Å². The van der Waals surface area contributed by atoms with E-state index in [-0.39, 0.29) is 22.0 Å². The van der Waals surface area contributed by atoms with Gasteiger partial charge in [0.1, 0.15) is 33.8 Å². The van der Waals surface area contributed by atoms with Crippen LogP contribution >= 0.6 is 23.2 Å². The average molecular weight is 794 g/mol. The van der Waals surface area contributed by atoms with Crippen molar-refractivity contribution in [2.75, 3.05) is 0 Å². The predicted molar refractivity (Wildman–Crippen MR) is 203 cm³/mol.